The van der Waals surface area contributed by atoms with Crippen molar-refractivity contribution in [3.8, 4) is 11.5 Å². The van der Waals surface area contributed by atoms with Crippen LogP contribution in [0.25, 0.3) is 0 Å². The molecule has 0 saturated heterocycles. The SMILES string of the molecule is CCc1nc(N)nc(N)c1OCCCOc1ccccc1CCC(=O)NS(=O)(=O)N(C)C. The first-order valence-electron chi connectivity index (χ1n) is 10.1. The molecule has 32 heavy (non-hydrogen) atoms. The first kappa shape index (κ1) is 25.1. The molecule has 0 radical (unpaired) electrons. The maximum Gasteiger partial charge on any atom is 0.303 e. The molecule has 1 amide bonds. The summed E-state index contributed by atoms with van der Waals surface area (Å²) in [6.45, 7) is 2.64. The van der Waals surface area contributed by atoms with Gasteiger partial charge in [-0.3, -0.25) is 4.79 Å². The van der Waals surface area contributed by atoms with Gasteiger partial charge in [0.1, 0.15) is 5.75 Å². The molecule has 0 fully saturated rings. The molecule has 0 bridgehead atoms. The zero-order valence-corrected chi connectivity index (χ0v) is 19.3. The van der Waals surface area contributed by atoms with Crippen LogP contribution >= 0.6 is 0 Å². The minimum absolute atomic E-state index is 0.00671. The number of nitrogens with two attached hydrogens (primary N) is 2. The van der Waals surface area contributed by atoms with E-state index in [0.717, 1.165) is 9.87 Å². The number of carbonyl (C=O) groups excluding carboxylic acids is 1. The lowest BCUT2D eigenvalue weighted by atomic mass is 10.1. The minimum Gasteiger partial charge on any atom is -0.493 e. The van der Waals surface area contributed by atoms with Gasteiger partial charge in [0.15, 0.2) is 11.6 Å². The normalized spacial score (nSPS) is 11.4. The lowest BCUT2D eigenvalue weighted by Gasteiger charge is -2.14. The molecule has 0 saturated carbocycles. The highest BCUT2D eigenvalue weighted by Crippen LogP contribution is 2.25. The molecule has 0 spiro atoms. The third-order valence-electron chi connectivity index (χ3n) is 4.42. The van der Waals surface area contributed by atoms with Crippen LogP contribution in [-0.2, 0) is 27.8 Å². The minimum atomic E-state index is -3.80. The number of anilines is 2. The number of aryl methyl sites for hydroxylation is 2. The molecule has 1 heterocycles. The molecular weight excluding hydrogens is 436 g/mol. The Labute approximate surface area is 188 Å². The number of ether oxygens (including phenoxy) is 2. The van der Waals surface area contributed by atoms with E-state index >= 15 is 0 Å². The summed E-state index contributed by atoms with van der Waals surface area (Å²) in [4.78, 5) is 20.0. The van der Waals surface area contributed by atoms with Gasteiger partial charge < -0.3 is 20.9 Å². The Bertz CT molecular complexity index is 1030. The van der Waals surface area contributed by atoms with Gasteiger partial charge in [-0.1, -0.05) is 25.1 Å². The van der Waals surface area contributed by atoms with Gasteiger partial charge >= 0.3 is 10.2 Å². The number of nitrogen functional groups attached to an aromatic ring is 2. The van der Waals surface area contributed by atoms with Crippen molar-refractivity contribution in [1.82, 2.24) is 19.0 Å². The van der Waals surface area contributed by atoms with Gasteiger partial charge in [0, 0.05) is 26.9 Å². The fraction of sp³-hybridized carbons (Fsp3) is 0.450. The Morgan fingerprint density at radius 2 is 1.81 bits per heavy atom. The molecule has 0 aliphatic rings. The highest BCUT2D eigenvalue weighted by atomic mass is 32.2. The number of nitrogens with one attached hydrogen (secondary N) is 1. The molecule has 5 N–H and O–H groups in total. The predicted molar refractivity (Wildman–Crippen MR) is 121 cm³/mol. The Kier molecular flexibility index (Phi) is 9.02. The molecule has 0 aliphatic carbocycles. The van der Waals surface area contributed by atoms with Crippen LogP contribution in [0.3, 0.4) is 0 Å². The van der Waals surface area contributed by atoms with Gasteiger partial charge in [0.25, 0.3) is 0 Å². The Hall–Kier alpha value is -3.12. The molecule has 1 aromatic carbocycles. The average Bonchev–Trinajstić information content (AvgIpc) is 2.73. The second-order valence-electron chi connectivity index (χ2n) is 7.07. The third-order valence-corrected chi connectivity index (χ3v) is 5.87. The molecule has 12 heteroatoms. The second kappa shape index (κ2) is 11.5. The van der Waals surface area contributed by atoms with Crippen LogP contribution in [0.1, 0.15) is 31.0 Å². The quantitative estimate of drug-likeness (QED) is 0.386. The molecule has 176 valence electrons. The van der Waals surface area contributed by atoms with E-state index in [9.17, 15) is 13.2 Å². The largest absolute Gasteiger partial charge is 0.493 e. The summed E-state index contributed by atoms with van der Waals surface area (Å²) in [5.74, 6) is 0.785. The highest BCUT2D eigenvalue weighted by molar-refractivity contribution is 7.87. The van der Waals surface area contributed by atoms with E-state index in [1.165, 1.54) is 14.1 Å². The first-order valence-corrected chi connectivity index (χ1v) is 11.6. The average molecular weight is 467 g/mol. The molecule has 2 aromatic rings. The van der Waals surface area contributed by atoms with Crippen molar-refractivity contribution in [3.05, 3.63) is 35.5 Å². The Balaban J connectivity index is 1.85. The number of amides is 1. The van der Waals surface area contributed by atoms with E-state index in [1.807, 2.05) is 29.8 Å². The summed E-state index contributed by atoms with van der Waals surface area (Å²) in [7, 11) is -1.11. The van der Waals surface area contributed by atoms with E-state index in [1.54, 1.807) is 6.07 Å². The van der Waals surface area contributed by atoms with Crippen molar-refractivity contribution >= 4 is 27.9 Å². The van der Waals surface area contributed by atoms with Crippen LogP contribution in [-0.4, -0.2) is 55.9 Å². The van der Waals surface area contributed by atoms with E-state index in [-0.39, 0.29) is 18.2 Å². The van der Waals surface area contributed by atoms with Crippen LogP contribution < -0.4 is 25.7 Å². The highest BCUT2D eigenvalue weighted by Gasteiger charge is 2.17. The lowest BCUT2D eigenvalue weighted by Crippen LogP contribution is -2.39. The van der Waals surface area contributed by atoms with Crippen molar-refractivity contribution in [3.63, 3.8) is 0 Å². The maximum atomic E-state index is 12.0. The number of hydrogen-bond acceptors (Lipinski definition) is 9. The summed E-state index contributed by atoms with van der Waals surface area (Å²) in [5, 5.41) is 0. The second-order valence-corrected chi connectivity index (χ2v) is 8.95. The number of carbonyl (C=O) groups is 1. The van der Waals surface area contributed by atoms with Crippen molar-refractivity contribution in [1.29, 1.82) is 0 Å². The van der Waals surface area contributed by atoms with Crippen LogP contribution in [0, 0.1) is 0 Å². The molecule has 0 unspecified atom stereocenters. The van der Waals surface area contributed by atoms with Gasteiger partial charge in [-0.25, -0.2) is 9.71 Å². The van der Waals surface area contributed by atoms with E-state index < -0.39 is 16.1 Å². The van der Waals surface area contributed by atoms with Gasteiger partial charge in [-0.15, -0.1) is 0 Å². The van der Waals surface area contributed by atoms with E-state index in [4.69, 9.17) is 20.9 Å². The zero-order valence-electron chi connectivity index (χ0n) is 18.5. The summed E-state index contributed by atoms with van der Waals surface area (Å²) in [5.41, 5.74) is 12.9. The summed E-state index contributed by atoms with van der Waals surface area (Å²) in [6.07, 6.45) is 1.52. The van der Waals surface area contributed by atoms with Crippen LogP contribution in [0.4, 0.5) is 11.8 Å². The van der Waals surface area contributed by atoms with E-state index in [0.29, 0.717) is 49.7 Å². The van der Waals surface area contributed by atoms with Gasteiger partial charge in [0.05, 0.1) is 18.9 Å². The summed E-state index contributed by atoms with van der Waals surface area (Å²) in [6, 6.07) is 7.28. The fourth-order valence-electron chi connectivity index (χ4n) is 2.73. The number of para-hydroxylation sites is 1. The third kappa shape index (κ3) is 7.24. The van der Waals surface area contributed by atoms with Crippen molar-refractivity contribution in [2.45, 2.75) is 32.6 Å². The molecule has 11 nitrogen and oxygen atoms in total. The Morgan fingerprint density at radius 3 is 2.50 bits per heavy atom. The zero-order chi connectivity index (χ0) is 23.7. The van der Waals surface area contributed by atoms with Crippen LogP contribution in [0.5, 0.6) is 11.5 Å². The van der Waals surface area contributed by atoms with Gasteiger partial charge in [0.2, 0.25) is 11.9 Å². The predicted octanol–water partition coefficient (Wildman–Crippen LogP) is 0.907. The van der Waals surface area contributed by atoms with Crippen molar-refractivity contribution < 1.29 is 22.7 Å². The number of benzene rings is 1. The lowest BCUT2D eigenvalue weighted by molar-refractivity contribution is -0.119. The smallest absolute Gasteiger partial charge is 0.303 e. The maximum absolute atomic E-state index is 12.0. The molecule has 2 rings (SSSR count). The topological polar surface area (TPSA) is 163 Å². The number of rotatable bonds is 12. The van der Waals surface area contributed by atoms with Crippen molar-refractivity contribution in [2.75, 3.05) is 38.8 Å². The van der Waals surface area contributed by atoms with Crippen LogP contribution in [0.15, 0.2) is 24.3 Å². The molecular formula is C20H30N6O5S. The standard InChI is InChI=1S/C20H30N6O5S/c1-4-15-18(19(21)24-20(22)23-15)31-13-7-12-30-16-9-6-5-8-14(16)10-11-17(27)25-32(28,29)26(2)3/h5-6,8-9H,4,7,10-13H2,1-3H3,(H,25,27)(H4,21,22,23,24). The number of hydrogen-bond donors (Lipinski definition) is 3. The molecule has 1 aromatic heterocycles. The summed E-state index contributed by atoms with van der Waals surface area (Å²) >= 11 is 0. The molecule has 0 atom stereocenters. The van der Waals surface area contributed by atoms with Gasteiger partial charge in [-0.2, -0.15) is 17.7 Å². The fourth-order valence-corrected chi connectivity index (χ4v) is 3.31. The Morgan fingerprint density at radius 1 is 1.12 bits per heavy atom. The van der Waals surface area contributed by atoms with Crippen molar-refractivity contribution in [2.24, 2.45) is 0 Å². The number of nitrogens with zero attached hydrogens (tertiary/aromatic N) is 3. The van der Waals surface area contributed by atoms with E-state index in [2.05, 4.69) is 9.97 Å². The first-order chi connectivity index (χ1) is 15.1. The number of aromatic nitrogens is 2. The summed E-state index contributed by atoms with van der Waals surface area (Å²) < 4.78 is 38.0. The molecule has 0 aliphatic heterocycles. The monoisotopic (exact) mass is 466 g/mol. The van der Waals surface area contributed by atoms with Crippen LogP contribution in [0.2, 0.25) is 0 Å². The van der Waals surface area contributed by atoms with Gasteiger partial charge in [-0.05, 0) is 24.5 Å².